The van der Waals surface area contributed by atoms with Crippen molar-refractivity contribution in [1.82, 2.24) is 9.29 Å². The Kier molecular flexibility index (Phi) is 5.63. The lowest BCUT2D eigenvalue weighted by Gasteiger charge is -2.23. The van der Waals surface area contributed by atoms with Gasteiger partial charge in [-0.25, -0.2) is 8.42 Å². The summed E-state index contributed by atoms with van der Waals surface area (Å²) in [7, 11) is -3.90. The largest absolute Gasteiger partial charge is 0.454 e. The molecule has 0 spiro atoms. The zero-order chi connectivity index (χ0) is 23.9. The van der Waals surface area contributed by atoms with Gasteiger partial charge in [0, 0.05) is 18.7 Å². The Hall–Kier alpha value is -3.62. The molecule has 0 amide bonds. The van der Waals surface area contributed by atoms with Crippen molar-refractivity contribution in [3.05, 3.63) is 99.3 Å². The maximum Gasteiger partial charge on any atom is 0.252 e. The molecule has 2 heterocycles. The zero-order valence-corrected chi connectivity index (χ0v) is 19.7. The van der Waals surface area contributed by atoms with Crippen LogP contribution < -0.4 is 15.0 Å². The Labute approximate surface area is 197 Å². The van der Waals surface area contributed by atoms with E-state index in [1.165, 1.54) is 4.31 Å². The van der Waals surface area contributed by atoms with Crippen molar-refractivity contribution in [2.45, 2.75) is 31.8 Å². The second-order valence-corrected chi connectivity index (χ2v) is 10.4. The number of benzene rings is 3. The Morgan fingerprint density at radius 2 is 1.68 bits per heavy atom. The third-order valence-electron chi connectivity index (χ3n) is 5.97. The van der Waals surface area contributed by atoms with Crippen molar-refractivity contribution in [2.24, 2.45) is 0 Å². The number of para-hydroxylation sites is 1. The molecule has 3 aromatic carbocycles. The minimum atomic E-state index is -3.90. The number of sulfonamides is 1. The first-order valence-electron chi connectivity index (χ1n) is 10.9. The maximum absolute atomic E-state index is 13.7. The van der Waals surface area contributed by atoms with Gasteiger partial charge in [0.2, 0.25) is 16.8 Å². The summed E-state index contributed by atoms with van der Waals surface area (Å²) in [6.07, 6.45) is 0. The van der Waals surface area contributed by atoms with Crippen LogP contribution >= 0.6 is 0 Å². The van der Waals surface area contributed by atoms with E-state index in [0.717, 1.165) is 27.6 Å². The average Bonchev–Trinajstić information content (AvgIpc) is 3.28. The van der Waals surface area contributed by atoms with E-state index in [0.29, 0.717) is 17.1 Å². The van der Waals surface area contributed by atoms with Gasteiger partial charge in [-0.3, -0.25) is 4.79 Å². The van der Waals surface area contributed by atoms with Crippen LogP contribution in [-0.2, 0) is 23.1 Å². The smallest absolute Gasteiger partial charge is 0.252 e. The minimum Gasteiger partial charge on any atom is -0.454 e. The fourth-order valence-electron chi connectivity index (χ4n) is 4.06. The highest BCUT2D eigenvalue weighted by atomic mass is 32.2. The third kappa shape index (κ3) is 4.18. The summed E-state index contributed by atoms with van der Waals surface area (Å²) in [5, 5.41) is 0.852. The van der Waals surface area contributed by atoms with Crippen LogP contribution in [0.2, 0.25) is 0 Å². The molecule has 1 N–H and O–H groups in total. The molecule has 5 rings (SSSR count). The number of aromatic amines is 1. The lowest BCUT2D eigenvalue weighted by Crippen LogP contribution is -2.32. The molecule has 1 aromatic heterocycles. The van der Waals surface area contributed by atoms with Crippen molar-refractivity contribution < 1.29 is 17.9 Å². The third-order valence-corrected chi connectivity index (χ3v) is 7.77. The summed E-state index contributed by atoms with van der Waals surface area (Å²) in [6.45, 7) is 3.95. The van der Waals surface area contributed by atoms with E-state index in [1.807, 2.05) is 32.0 Å². The number of fused-ring (bicyclic) bond motifs is 2. The normalized spacial score (nSPS) is 13.0. The molecule has 1 aliphatic heterocycles. The molecule has 174 valence electrons. The number of aryl methyl sites for hydroxylation is 2. The van der Waals surface area contributed by atoms with Crippen LogP contribution in [0.4, 0.5) is 0 Å². The maximum atomic E-state index is 13.7. The molecule has 0 bridgehead atoms. The fourth-order valence-corrected chi connectivity index (χ4v) is 5.47. The lowest BCUT2D eigenvalue weighted by molar-refractivity contribution is 0.174. The van der Waals surface area contributed by atoms with Gasteiger partial charge in [0.15, 0.2) is 11.5 Å². The van der Waals surface area contributed by atoms with Gasteiger partial charge in [-0.1, -0.05) is 42.0 Å². The molecule has 0 radical (unpaired) electrons. The van der Waals surface area contributed by atoms with E-state index in [1.54, 1.807) is 48.5 Å². The molecule has 0 saturated heterocycles. The predicted octanol–water partition coefficient (Wildman–Crippen LogP) is 4.26. The van der Waals surface area contributed by atoms with E-state index >= 15 is 0 Å². The Bertz CT molecular complexity index is 1540. The van der Waals surface area contributed by atoms with Gasteiger partial charge in [-0.05, 0) is 60.7 Å². The number of nitrogens with zero attached hydrogens (tertiary/aromatic N) is 1. The molecule has 34 heavy (non-hydrogen) atoms. The van der Waals surface area contributed by atoms with Crippen LogP contribution in [0.3, 0.4) is 0 Å². The highest BCUT2D eigenvalue weighted by Crippen LogP contribution is 2.33. The summed E-state index contributed by atoms with van der Waals surface area (Å²) in [4.78, 5) is 16.0. The van der Waals surface area contributed by atoms with Gasteiger partial charge < -0.3 is 14.5 Å². The Morgan fingerprint density at radius 3 is 2.47 bits per heavy atom. The van der Waals surface area contributed by atoms with Crippen molar-refractivity contribution in [1.29, 1.82) is 0 Å². The summed E-state index contributed by atoms with van der Waals surface area (Å²) in [5.41, 5.74) is 3.45. The zero-order valence-electron chi connectivity index (χ0n) is 18.9. The fraction of sp³-hybridized carbons (Fsp3) is 0.192. The molecular weight excluding hydrogens is 452 g/mol. The molecule has 0 fully saturated rings. The molecule has 0 saturated carbocycles. The number of hydrogen-bond acceptors (Lipinski definition) is 5. The van der Waals surface area contributed by atoms with Crippen LogP contribution in [-0.4, -0.2) is 24.5 Å². The molecule has 4 aromatic rings. The van der Waals surface area contributed by atoms with Crippen LogP contribution in [0, 0.1) is 13.8 Å². The number of aromatic nitrogens is 1. The highest BCUT2D eigenvalue weighted by Gasteiger charge is 2.27. The van der Waals surface area contributed by atoms with Crippen molar-refractivity contribution in [2.75, 3.05) is 6.79 Å². The monoisotopic (exact) mass is 476 g/mol. The first-order valence-corrected chi connectivity index (χ1v) is 12.3. The van der Waals surface area contributed by atoms with Gasteiger partial charge in [0.25, 0.3) is 5.56 Å². The van der Waals surface area contributed by atoms with Crippen LogP contribution in [0.15, 0.2) is 76.4 Å². The van der Waals surface area contributed by atoms with E-state index in [9.17, 15) is 13.2 Å². The van der Waals surface area contributed by atoms with E-state index in [-0.39, 0.29) is 30.3 Å². The van der Waals surface area contributed by atoms with Gasteiger partial charge in [0.05, 0.1) is 10.4 Å². The quantitative estimate of drug-likeness (QED) is 0.449. The standard InChI is InChI=1S/C26H24N2O5S/c1-17-6-9-22(10-7-17)34(30,31)28(14-19-8-11-23-24(12-19)33-16-32-23)15-21-13-20-5-3-4-18(2)25(20)27-26(21)29/h3-13H,14-16H2,1-2H3,(H,27,29). The van der Waals surface area contributed by atoms with Gasteiger partial charge in [-0.2, -0.15) is 4.31 Å². The second-order valence-electron chi connectivity index (χ2n) is 8.44. The number of rotatable bonds is 6. The van der Waals surface area contributed by atoms with Gasteiger partial charge in [-0.15, -0.1) is 0 Å². The topological polar surface area (TPSA) is 88.7 Å². The number of ether oxygens (including phenoxy) is 2. The van der Waals surface area contributed by atoms with Crippen molar-refractivity contribution >= 4 is 20.9 Å². The van der Waals surface area contributed by atoms with Gasteiger partial charge >= 0.3 is 0 Å². The van der Waals surface area contributed by atoms with E-state index in [4.69, 9.17) is 9.47 Å². The molecule has 1 aliphatic rings. The Morgan fingerprint density at radius 1 is 0.912 bits per heavy atom. The first-order chi connectivity index (χ1) is 16.3. The van der Waals surface area contributed by atoms with E-state index < -0.39 is 10.0 Å². The van der Waals surface area contributed by atoms with Crippen LogP contribution in [0.25, 0.3) is 10.9 Å². The summed E-state index contributed by atoms with van der Waals surface area (Å²) in [6, 6.07) is 19.5. The molecular formula is C26H24N2O5S. The van der Waals surface area contributed by atoms with Crippen molar-refractivity contribution in [3.63, 3.8) is 0 Å². The average molecular weight is 477 g/mol. The molecule has 7 nitrogen and oxygen atoms in total. The van der Waals surface area contributed by atoms with Crippen LogP contribution in [0.1, 0.15) is 22.3 Å². The SMILES string of the molecule is Cc1ccc(S(=O)(=O)N(Cc2ccc3c(c2)OCO3)Cc2cc3cccc(C)c3[nH]c2=O)cc1. The van der Waals surface area contributed by atoms with Gasteiger partial charge in [0.1, 0.15) is 0 Å². The number of hydrogen-bond donors (Lipinski definition) is 1. The summed E-state index contributed by atoms with van der Waals surface area (Å²) < 4.78 is 39.5. The molecule has 0 unspecified atom stereocenters. The minimum absolute atomic E-state index is 0.0676. The molecule has 0 aliphatic carbocycles. The molecule has 0 atom stereocenters. The summed E-state index contributed by atoms with van der Waals surface area (Å²) in [5.74, 6) is 1.20. The number of pyridine rings is 1. The van der Waals surface area contributed by atoms with E-state index in [2.05, 4.69) is 4.98 Å². The first kappa shape index (κ1) is 22.2. The molecule has 8 heteroatoms. The summed E-state index contributed by atoms with van der Waals surface area (Å²) >= 11 is 0. The van der Waals surface area contributed by atoms with Crippen LogP contribution in [0.5, 0.6) is 11.5 Å². The predicted molar refractivity (Wildman–Crippen MR) is 129 cm³/mol. The van der Waals surface area contributed by atoms with Crippen molar-refractivity contribution in [3.8, 4) is 11.5 Å². The number of H-pyrrole nitrogens is 1. The Balaban J connectivity index is 1.56. The highest BCUT2D eigenvalue weighted by molar-refractivity contribution is 7.89. The second kappa shape index (κ2) is 8.62. The number of nitrogens with one attached hydrogen (secondary N) is 1. The lowest BCUT2D eigenvalue weighted by atomic mass is 10.1.